The zero-order chi connectivity index (χ0) is 18.6. The van der Waals surface area contributed by atoms with Gasteiger partial charge in [0.25, 0.3) is 0 Å². The average Bonchev–Trinajstić information content (AvgIpc) is 2.71. The minimum atomic E-state index is 0.191. The van der Waals surface area contributed by atoms with Gasteiger partial charge in [-0.15, -0.1) is 0 Å². The molecule has 0 saturated carbocycles. The molecule has 0 amide bonds. The molecule has 4 rings (SSSR count). The van der Waals surface area contributed by atoms with Gasteiger partial charge in [0.05, 0.1) is 6.04 Å². The third kappa shape index (κ3) is 4.22. The molecule has 1 unspecified atom stereocenters. The largest absolute Gasteiger partial charge is 0.286 e. The number of benzene rings is 3. The summed E-state index contributed by atoms with van der Waals surface area (Å²) in [6.45, 7) is 2.21. The third-order valence-electron chi connectivity index (χ3n) is 5.46. The molecule has 1 aliphatic rings. The van der Waals surface area contributed by atoms with Crippen molar-refractivity contribution in [2.75, 3.05) is 0 Å². The Labute approximate surface area is 170 Å². The standard InChI is InChI=1S/C25H24BrN/c1-18(20-10-6-3-7-11-20)27-25-15-12-21-17-22(26)13-14-23(21)24(25)16-19-8-4-2-5-9-19/h2-11,13-14,17-18,24H,12,15-16H2,1H3/b27-25+/t18-,24?/m0/s1. The first-order chi connectivity index (χ1) is 13.2. The fourth-order valence-electron chi connectivity index (χ4n) is 4.03. The molecule has 1 nitrogen and oxygen atoms in total. The van der Waals surface area contributed by atoms with Crippen LogP contribution >= 0.6 is 15.9 Å². The van der Waals surface area contributed by atoms with Crippen molar-refractivity contribution in [3.05, 3.63) is 106 Å². The Hall–Kier alpha value is -2.19. The van der Waals surface area contributed by atoms with E-state index in [0.717, 1.165) is 23.7 Å². The Balaban J connectivity index is 1.71. The maximum absolute atomic E-state index is 5.21. The number of hydrogen-bond acceptors (Lipinski definition) is 1. The number of aryl methyl sites for hydroxylation is 1. The smallest absolute Gasteiger partial charge is 0.0720 e. The normalized spacial score (nSPS) is 18.9. The van der Waals surface area contributed by atoms with Gasteiger partial charge in [-0.3, -0.25) is 4.99 Å². The summed E-state index contributed by atoms with van der Waals surface area (Å²) in [6.07, 6.45) is 3.12. The van der Waals surface area contributed by atoms with Gasteiger partial charge in [-0.05, 0) is 60.6 Å². The van der Waals surface area contributed by atoms with Crippen molar-refractivity contribution in [2.24, 2.45) is 4.99 Å². The first-order valence-electron chi connectivity index (χ1n) is 9.64. The average molecular weight is 418 g/mol. The van der Waals surface area contributed by atoms with Crippen LogP contribution < -0.4 is 0 Å². The monoisotopic (exact) mass is 417 g/mol. The lowest BCUT2D eigenvalue weighted by Gasteiger charge is -2.29. The van der Waals surface area contributed by atoms with Crippen LogP contribution in [0.5, 0.6) is 0 Å². The van der Waals surface area contributed by atoms with E-state index in [1.165, 1.54) is 28.0 Å². The number of nitrogens with zero attached hydrogens (tertiary/aromatic N) is 1. The van der Waals surface area contributed by atoms with Crippen LogP contribution in [0.15, 0.2) is 88.3 Å². The van der Waals surface area contributed by atoms with E-state index in [2.05, 4.69) is 102 Å². The molecule has 0 aliphatic heterocycles. The molecular formula is C25H24BrN. The zero-order valence-electron chi connectivity index (χ0n) is 15.6. The molecule has 0 spiro atoms. The lowest BCUT2D eigenvalue weighted by atomic mass is 9.78. The Morgan fingerprint density at radius 2 is 1.63 bits per heavy atom. The predicted octanol–water partition coefficient (Wildman–Crippen LogP) is 6.92. The third-order valence-corrected chi connectivity index (χ3v) is 5.95. The van der Waals surface area contributed by atoms with Crippen LogP contribution in [0.4, 0.5) is 0 Å². The molecule has 136 valence electrons. The highest BCUT2D eigenvalue weighted by atomic mass is 79.9. The summed E-state index contributed by atoms with van der Waals surface area (Å²) >= 11 is 3.63. The van der Waals surface area contributed by atoms with Gasteiger partial charge in [0.15, 0.2) is 0 Å². The Morgan fingerprint density at radius 3 is 2.37 bits per heavy atom. The maximum Gasteiger partial charge on any atom is 0.0720 e. The molecule has 0 N–H and O–H groups in total. The van der Waals surface area contributed by atoms with E-state index in [1.807, 2.05) is 0 Å². The Morgan fingerprint density at radius 1 is 0.926 bits per heavy atom. The lowest BCUT2D eigenvalue weighted by Crippen LogP contribution is -2.23. The highest BCUT2D eigenvalue weighted by Gasteiger charge is 2.26. The van der Waals surface area contributed by atoms with Crippen LogP contribution in [0.25, 0.3) is 0 Å². The summed E-state index contributed by atoms with van der Waals surface area (Å²) < 4.78 is 1.16. The molecule has 3 aromatic carbocycles. The quantitative estimate of drug-likeness (QED) is 0.436. The van der Waals surface area contributed by atoms with E-state index < -0.39 is 0 Å². The summed E-state index contributed by atoms with van der Waals surface area (Å²) in [5.74, 6) is 0.357. The number of aliphatic imine (C=N–C) groups is 1. The fourth-order valence-corrected chi connectivity index (χ4v) is 4.44. The van der Waals surface area contributed by atoms with E-state index >= 15 is 0 Å². The van der Waals surface area contributed by atoms with Crippen LogP contribution in [-0.4, -0.2) is 5.71 Å². The van der Waals surface area contributed by atoms with Gasteiger partial charge >= 0.3 is 0 Å². The highest BCUT2D eigenvalue weighted by Crippen LogP contribution is 2.35. The van der Waals surface area contributed by atoms with Crippen molar-refractivity contribution in [3.8, 4) is 0 Å². The Kier molecular flexibility index (Phi) is 5.54. The number of rotatable bonds is 4. The van der Waals surface area contributed by atoms with Crippen molar-refractivity contribution in [2.45, 2.75) is 38.1 Å². The molecule has 0 heterocycles. The molecule has 2 atom stereocenters. The van der Waals surface area contributed by atoms with Gasteiger partial charge in [-0.25, -0.2) is 0 Å². The second kappa shape index (κ2) is 8.22. The van der Waals surface area contributed by atoms with Gasteiger partial charge in [0.1, 0.15) is 0 Å². The first kappa shape index (κ1) is 18.2. The van der Waals surface area contributed by atoms with Crippen LogP contribution in [0.1, 0.15) is 47.6 Å². The molecule has 0 radical (unpaired) electrons. The SMILES string of the molecule is C[C@H](/N=C1\CCc2cc(Br)ccc2C1Cc1ccccc1)c1ccccc1. The molecule has 0 fully saturated rings. The highest BCUT2D eigenvalue weighted by molar-refractivity contribution is 9.10. The van der Waals surface area contributed by atoms with E-state index in [9.17, 15) is 0 Å². The van der Waals surface area contributed by atoms with Gasteiger partial charge in [-0.1, -0.05) is 82.7 Å². The van der Waals surface area contributed by atoms with Gasteiger partial charge < -0.3 is 0 Å². The van der Waals surface area contributed by atoms with E-state index in [0.29, 0.717) is 5.92 Å². The van der Waals surface area contributed by atoms with Crippen LogP contribution in [0.2, 0.25) is 0 Å². The Bertz CT molecular complexity index is 931. The van der Waals surface area contributed by atoms with Crippen molar-refractivity contribution >= 4 is 21.6 Å². The minimum Gasteiger partial charge on any atom is -0.286 e. The molecule has 3 aromatic rings. The molecule has 0 saturated heterocycles. The number of hydrogen-bond donors (Lipinski definition) is 0. The molecular weight excluding hydrogens is 394 g/mol. The van der Waals surface area contributed by atoms with E-state index in [4.69, 9.17) is 4.99 Å². The van der Waals surface area contributed by atoms with Crippen LogP contribution in [0, 0.1) is 0 Å². The van der Waals surface area contributed by atoms with Crippen molar-refractivity contribution in [3.63, 3.8) is 0 Å². The topological polar surface area (TPSA) is 12.4 Å². The molecule has 2 heteroatoms. The summed E-state index contributed by atoms with van der Waals surface area (Å²) in [6, 6.07) is 28.3. The first-order valence-corrected chi connectivity index (χ1v) is 10.4. The van der Waals surface area contributed by atoms with E-state index in [1.54, 1.807) is 0 Å². The van der Waals surface area contributed by atoms with Crippen molar-refractivity contribution in [1.29, 1.82) is 0 Å². The molecule has 1 aliphatic carbocycles. The minimum absolute atomic E-state index is 0.191. The summed E-state index contributed by atoms with van der Waals surface area (Å²) in [4.78, 5) is 5.21. The predicted molar refractivity (Wildman–Crippen MR) is 118 cm³/mol. The molecule has 27 heavy (non-hydrogen) atoms. The summed E-state index contributed by atoms with van der Waals surface area (Å²) in [5.41, 5.74) is 6.89. The molecule has 0 aromatic heterocycles. The van der Waals surface area contributed by atoms with Crippen LogP contribution in [-0.2, 0) is 12.8 Å². The van der Waals surface area contributed by atoms with Crippen molar-refractivity contribution in [1.82, 2.24) is 0 Å². The van der Waals surface area contributed by atoms with Gasteiger partial charge in [-0.2, -0.15) is 0 Å². The fraction of sp³-hybridized carbons (Fsp3) is 0.240. The maximum atomic E-state index is 5.21. The molecule has 0 bridgehead atoms. The second-order valence-corrected chi connectivity index (χ2v) is 8.21. The lowest BCUT2D eigenvalue weighted by molar-refractivity contribution is 0.743. The number of halogens is 1. The summed E-state index contributed by atoms with van der Waals surface area (Å²) in [5, 5.41) is 0. The van der Waals surface area contributed by atoms with E-state index in [-0.39, 0.29) is 6.04 Å². The second-order valence-electron chi connectivity index (χ2n) is 7.29. The summed E-state index contributed by atoms with van der Waals surface area (Å²) in [7, 11) is 0. The van der Waals surface area contributed by atoms with Gasteiger partial charge in [0, 0.05) is 16.1 Å². The number of fused-ring (bicyclic) bond motifs is 1. The van der Waals surface area contributed by atoms with Crippen molar-refractivity contribution < 1.29 is 0 Å². The zero-order valence-corrected chi connectivity index (χ0v) is 17.2. The van der Waals surface area contributed by atoms with Crippen LogP contribution in [0.3, 0.4) is 0 Å². The van der Waals surface area contributed by atoms with Gasteiger partial charge in [0.2, 0.25) is 0 Å².